The molecule has 1 unspecified atom stereocenters. The number of amides is 9. The summed E-state index contributed by atoms with van der Waals surface area (Å²) in [5, 5.41) is 38.1. The summed E-state index contributed by atoms with van der Waals surface area (Å²) in [6, 6.07) is -10.3. The van der Waals surface area contributed by atoms with Gasteiger partial charge in [-0.25, -0.2) is 0 Å². The maximum atomic E-state index is 14.4. The normalized spacial score (nSPS) is 27.0. The summed E-state index contributed by atoms with van der Waals surface area (Å²) >= 11 is 0. The summed E-state index contributed by atoms with van der Waals surface area (Å²) in [5.41, 5.74) is 17.7. The molecule has 2 heterocycles. The number of carbonyl (C=O) groups excluding carboxylic acids is 9. The van der Waals surface area contributed by atoms with Crippen LogP contribution in [0.25, 0.3) is 0 Å². The summed E-state index contributed by atoms with van der Waals surface area (Å²) in [6.45, 7) is 11.2. The number of hydrogen-bond acceptors (Lipinski definition) is 14. The topological polar surface area (TPSA) is 372 Å². The van der Waals surface area contributed by atoms with Crippen molar-refractivity contribution in [3.8, 4) is 0 Å². The summed E-state index contributed by atoms with van der Waals surface area (Å²) in [5.74, 6) is -7.25. The standard InChI is InChI=1S/C48H89N13O10/c1-7-8-9-10-11-12-31(62)26-40(63)54-35-17-22-52-21-16-30(6)25-38-41(64)53-27-39(61-45(35)68)48(71)57-34(15-20-51)43(66)58-37(24-29(4)5)47(70)59-36(23-28(2)3)46(69)56-32(13-18-49)42(65)55-33(14-19-50)44(67)60-38/h28-39,52,62H,7-27,49-51H2,1-6H3,(H,53,64)(H,54,63)(H,55,65)(H,56,69)(H,57,71)(H,58,66)(H,59,70)(H,60,67)(H,61,68)/t30?,31-,32+,33+,34+,35-,36+,37-,38+,39+/m1/s1. The minimum atomic E-state index is -1.58. The Labute approximate surface area is 420 Å². The fourth-order valence-corrected chi connectivity index (χ4v) is 8.45. The molecule has 2 rings (SSSR count). The van der Waals surface area contributed by atoms with Crippen LogP contribution in [0.4, 0.5) is 0 Å². The lowest BCUT2D eigenvalue weighted by Crippen LogP contribution is -2.62. The Kier molecular flexibility index (Phi) is 29.4. The molecule has 2 saturated heterocycles. The first-order chi connectivity index (χ1) is 33.7. The van der Waals surface area contributed by atoms with Crippen molar-refractivity contribution >= 4 is 53.2 Å². The third-order valence-corrected chi connectivity index (χ3v) is 12.5. The molecule has 17 N–H and O–H groups in total. The van der Waals surface area contributed by atoms with Gasteiger partial charge in [0.1, 0.15) is 48.3 Å². The SMILES string of the molecule is CCCCCCC[C@@H](O)CC(=O)N[C@@H]1CCNCCC(C)C[C@@H]2NC(=O)[C@H](CCN)NC(=O)[C@H](CCN)NC(=O)[C@H](CC(C)C)NC(=O)[C@@H](CC(C)C)NC(=O)[C@H](CCN)NC(=O)[C@H](CNC2=O)NC1=O. The van der Waals surface area contributed by atoms with E-state index in [4.69, 9.17) is 17.2 Å². The van der Waals surface area contributed by atoms with Gasteiger partial charge in [-0.05, 0) is 108 Å². The average molecular weight is 1010 g/mol. The van der Waals surface area contributed by atoms with E-state index >= 15 is 0 Å². The van der Waals surface area contributed by atoms with Gasteiger partial charge in [-0.1, -0.05) is 73.6 Å². The van der Waals surface area contributed by atoms with Crippen LogP contribution in [0.5, 0.6) is 0 Å². The van der Waals surface area contributed by atoms with Crippen LogP contribution in [-0.2, 0) is 43.2 Å². The molecule has 2 aliphatic rings. The highest BCUT2D eigenvalue weighted by Gasteiger charge is 2.36. The Morgan fingerprint density at radius 3 is 1.55 bits per heavy atom. The van der Waals surface area contributed by atoms with Crippen LogP contribution < -0.4 is 70.4 Å². The van der Waals surface area contributed by atoms with E-state index in [0.717, 1.165) is 32.1 Å². The first-order valence-electron chi connectivity index (χ1n) is 25.9. The molecule has 0 spiro atoms. The minimum absolute atomic E-state index is 0.0362. The highest BCUT2D eigenvalue weighted by molar-refractivity contribution is 5.98. The number of carbonyl (C=O) groups is 9. The number of aliphatic hydroxyl groups excluding tert-OH is 1. The number of rotatable bonds is 19. The van der Waals surface area contributed by atoms with Crippen molar-refractivity contribution < 1.29 is 48.3 Å². The molecule has 2 aliphatic heterocycles. The number of nitrogens with two attached hydrogens (primary N) is 3. The predicted octanol–water partition coefficient (Wildman–Crippen LogP) is -2.35. The molecule has 0 aliphatic carbocycles. The van der Waals surface area contributed by atoms with Gasteiger partial charge in [-0.2, -0.15) is 0 Å². The smallest absolute Gasteiger partial charge is 0.245 e. The van der Waals surface area contributed by atoms with Crippen molar-refractivity contribution in [1.82, 2.24) is 53.2 Å². The van der Waals surface area contributed by atoms with E-state index in [-0.39, 0.29) is 95.3 Å². The van der Waals surface area contributed by atoms with E-state index in [9.17, 15) is 48.3 Å². The molecule has 0 aromatic heterocycles. The Balaban J connectivity index is 2.71. The van der Waals surface area contributed by atoms with E-state index in [2.05, 4.69) is 60.1 Å². The highest BCUT2D eigenvalue weighted by atomic mass is 16.3. The predicted molar refractivity (Wildman–Crippen MR) is 268 cm³/mol. The molecule has 9 amide bonds. The first-order valence-corrected chi connectivity index (χ1v) is 25.9. The van der Waals surface area contributed by atoms with Gasteiger partial charge in [-0.15, -0.1) is 0 Å². The number of unbranched alkanes of at least 4 members (excludes halogenated alkanes) is 4. The quantitative estimate of drug-likeness (QED) is 0.0604. The van der Waals surface area contributed by atoms with Crippen LogP contribution in [-0.4, -0.2) is 152 Å². The number of hydrogen-bond donors (Lipinski definition) is 14. The lowest BCUT2D eigenvalue weighted by molar-refractivity contribution is -0.136. The van der Waals surface area contributed by atoms with Crippen LogP contribution in [0.1, 0.15) is 138 Å². The maximum absolute atomic E-state index is 14.4. The number of aliphatic hydroxyl groups is 1. The summed E-state index contributed by atoms with van der Waals surface area (Å²) in [7, 11) is 0. The lowest BCUT2D eigenvalue weighted by Gasteiger charge is -2.30. The molecule has 406 valence electrons. The molecule has 10 atom stereocenters. The maximum Gasteiger partial charge on any atom is 0.245 e. The molecule has 23 heteroatoms. The zero-order valence-corrected chi connectivity index (χ0v) is 43.1. The van der Waals surface area contributed by atoms with Gasteiger partial charge in [0.2, 0.25) is 53.2 Å². The zero-order chi connectivity index (χ0) is 53.0. The third kappa shape index (κ3) is 23.9. The molecule has 2 fully saturated rings. The number of fused-ring (bicyclic) bond motifs is 4. The van der Waals surface area contributed by atoms with Gasteiger partial charge in [-0.3, -0.25) is 43.2 Å². The molecule has 0 radical (unpaired) electrons. The van der Waals surface area contributed by atoms with E-state index in [0.29, 0.717) is 19.4 Å². The van der Waals surface area contributed by atoms with Gasteiger partial charge >= 0.3 is 0 Å². The largest absolute Gasteiger partial charge is 0.393 e. The lowest BCUT2D eigenvalue weighted by atomic mass is 9.97. The van der Waals surface area contributed by atoms with E-state index < -0.39 is 114 Å². The molecular formula is C48H89N13O10. The number of nitrogens with one attached hydrogen (secondary N) is 10. The van der Waals surface area contributed by atoms with E-state index in [1.807, 2.05) is 34.6 Å². The van der Waals surface area contributed by atoms with Crippen LogP contribution in [0.2, 0.25) is 0 Å². The van der Waals surface area contributed by atoms with Crippen LogP contribution in [0.3, 0.4) is 0 Å². The Hall–Kier alpha value is -4.97. The molecule has 0 aromatic rings. The van der Waals surface area contributed by atoms with Gasteiger partial charge in [0, 0.05) is 6.54 Å². The van der Waals surface area contributed by atoms with Crippen LogP contribution in [0.15, 0.2) is 0 Å². The molecular weight excluding hydrogens is 919 g/mol. The molecule has 2 bridgehead atoms. The van der Waals surface area contributed by atoms with Gasteiger partial charge < -0.3 is 75.5 Å². The van der Waals surface area contributed by atoms with Crippen molar-refractivity contribution in [2.45, 2.75) is 192 Å². The molecule has 23 nitrogen and oxygen atoms in total. The van der Waals surface area contributed by atoms with Crippen molar-refractivity contribution in [2.24, 2.45) is 35.0 Å². The molecule has 0 aromatic carbocycles. The molecule has 0 saturated carbocycles. The second-order valence-electron chi connectivity index (χ2n) is 20.0. The van der Waals surface area contributed by atoms with Crippen molar-refractivity contribution in [3.05, 3.63) is 0 Å². The fraction of sp³-hybridized carbons (Fsp3) is 0.812. The van der Waals surface area contributed by atoms with Crippen molar-refractivity contribution in [2.75, 3.05) is 39.3 Å². The highest BCUT2D eigenvalue weighted by Crippen LogP contribution is 2.14. The van der Waals surface area contributed by atoms with E-state index in [1.54, 1.807) is 0 Å². The summed E-state index contributed by atoms with van der Waals surface area (Å²) in [6.07, 6.45) is 4.77. The van der Waals surface area contributed by atoms with Crippen LogP contribution >= 0.6 is 0 Å². The van der Waals surface area contributed by atoms with Crippen molar-refractivity contribution in [1.29, 1.82) is 0 Å². The Bertz CT molecular complexity index is 1720. The zero-order valence-electron chi connectivity index (χ0n) is 43.1. The second-order valence-corrected chi connectivity index (χ2v) is 20.0. The fourth-order valence-electron chi connectivity index (χ4n) is 8.45. The van der Waals surface area contributed by atoms with Crippen LogP contribution in [0, 0.1) is 17.8 Å². The summed E-state index contributed by atoms with van der Waals surface area (Å²) in [4.78, 5) is 126. The first kappa shape index (κ1) is 62.1. The second kappa shape index (κ2) is 33.6. The Morgan fingerprint density at radius 2 is 1.04 bits per heavy atom. The minimum Gasteiger partial charge on any atom is -0.393 e. The van der Waals surface area contributed by atoms with Gasteiger partial charge in [0.15, 0.2) is 0 Å². The molecule has 71 heavy (non-hydrogen) atoms. The Morgan fingerprint density at radius 1 is 0.592 bits per heavy atom. The third-order valence-electron chi connectivity index (χ3n) is 12.5. The van der Waals surface area contributed by atoms with Crippen molar-refractivity contribution in [3.63, 3.8) is 0 Å². The monoisotopic (exact) mass is 1010 g/mol. The van der Waals surface area contributed by atoms with E-state index in [1.165, 1.54) is 0 Å². The van der Waals surface area contributed by atoms with Gasteiger partial charge in [0.05, 0.1) is 12.5 Å². The summed E-state index contributed by atoms with van der Waals surface area (Å²) < 4.78 is 0. The average Bonchev–Trinajstić information content (AvgIpc) is 3.30. The van der Waals surface area contributed by atoms with Gasteiger partial charge in [0.25, 0.3) is 0 Å².